The molecule has 1 atom stereocenters. The van der Waals surface area contributed by atoms with Gasteiger partial charge in [0, 0.05) is 79.2 Å². The van der Waals surface area contributed by atoms with Crippen LogP contribution < -0.4 is 19.7 Å². The highest BCUT2D eigenvalue weighted by Gasteiger charge is 2.24. The summed E-state index contributed by atoms with van der Waals surface area (Å²) in [5.41, 5.74) is 4.96. The van der Waals surface area contributed by atoms with Crippen molar-refractivity contribution in [1.82, 2.24) is 19.4 Å². The summed E-state index contributed by atoms with van der Waals surface area (Å²) in [6, 6.07) is 9.53. The molecule has 1 saturated heterocycles. The van der Waals surface area contributed by atoms with E-state index in [1.165, 1.54) is 20.3 Å². The topological polar surface area (TPSA) is 103 Å². The highest BCUT2D eigenvalue weighted by atomic mass is 35.5. The van der Waals surface area contributed by atoms with E-state index in [1.807, 2.05) is 34.9 Å². The van der Waals surface area contributed by atoms with Gasteiger partial charge in [0.1, 0.15) is 17.1 Å². The van der Waals surface area contributed by atoms with Gasteiger partial charge in [-0.15, -0.1) is 0 Å². The lowest BCUT2D eigenvalue weighted by atomic mass is 10.0. The van der Waals surface area contributed by atoms with Crippen molar-refractivity contribution in [2.75, 3.05) is 44.6 Å². The van der Waals surface area contributed by atoms with Crippen molar-refractivity contribution in [3.63, 3.8) is 0 Å². The number of nitrogens with zero attached hydrogens (tertiary/aromatic N) is 5. The number of aromatic nitrogens is 4. The quantitative estimate of drug-likeness (QED) is 0.172. The Morgan fingerprint density at radius 1 is 1.09 bits per heavy atom. The average Bonchev–Trinajstić information content (AvgIpc) is 3.73. The molecule has 226 valence electrons. The van der Waals surface area contributed by atoms with Crippen LogP contribution in [0, 0.1) is 0 Å². The molecule has 1 aliphatic heterocycles. The van der Waals surface area contributed by atoms with Gasteiger partial charge in [-0.3, -0.25) is 9.20 Å². The van der Waals surface area contributed by atoms with Crippen LogP contribution in [0.5, 0.6) is 11.5 Å². The van der Waals surface area contributed by atoms with Crippen LogP contribution in [0.25, 0.3) is 27.8 Å². The van der Waals surface area contributed by atoms with Crippen molar-refractivity contribution in [1.29, 1.82) is 0 Å². The molecule has 1 unspecified atom stereocenters. The van der Waals surface area contributed by atoms with E-state index in [9.17, 15) is 4.79 Å². The van der Waals surface area contributed by atoms with Crippen LogP contribution in [0.2, 0.25) is 10.0 Å². The first-order valence-corrected chi connectivity index (χ1v) is 14.7. The molecular weight excluding hydrogens is 603 g/mol. The summed E-state index contributed by atoms with van der Waals surface area (Å²) < 4.78 is 18.3. The summed E-state index contributed by atoms with van der Waals surface area (Å²) in [5, 5.41) is 4.71. The second-order valence-electron chi connectivity index (χ2n) is 10.3. The highest BCUT2D eigenvalue weighted by molar-refractivity contribution is 6.41. The molecule has 12 heteroatoms. The zero-order valence-electron chi connectivity index (χ0n) is 24.4. The molecular formula is C32H30Cl2N6O4. The Bertz CT molecular complexity index is 1880. The fourth-order valence-electron chi connectivity index (χ4n) is 5.52. The number of ether oxygens (including phenoxy) is 3. The summed E-state index contributed by atoms with van der Waals surface area (Å²) in [6.45, 7) is 5.33. The van der Waals surface area contributed by atoms with Crippen molar-refractivity contribution in [2.24, 2.45) is 0 Å². The Hall–Kier alpha value is -4.38. The summed E-state index contributed by atoms with van der Waals surface area (Å²) >= 11 is 13.5. The number of nitrogens with one attached hydrogen (secondary N) is 1. The van der Waals surface area contributed by atoms with Crippen molar-refractivity contribution in [3.05, 3.63) is 77.2 Å². The minimum absolute atomic E-state index is 0.0834. The fraction of sp³-hybridized carbons (Fsp3) is 0.250. The van der Waals surface area contributed by atoms with Gasteiger partial charge in [0.2, 0.25) is 5.95 Å². The monoisotopic (exact) mass is 632 g/mol. The maximum Gasteiger partial charge on any atom is 0.229 e. The Kier molecular flexibility index (Phi) is 8.31. The van der Waals surface area contributed by atoms with Gasteiger partial charge in [0.25, 0.3) is 0 Å². The largest absolute Gasteiger partial charge is 0.495 e. The van der Waals surface area contributed by atoms with Crippen LogP contribution in [-0.4, -0.2) is 65.7 Å². The highest BCUT2D eigenvalue weighted by Crippen LogP contribution is 2.47. The lowest BCUT2D eigenvalue weighted by Crippen LogP contribution is -2.22. The first-order valence-electron chi connectivity index (χ1n) is 13.9. The molecule has 2 aromatic carbocycles. The zero-order valence-corrected chi connectivity index (χ0v) is 25.9. The van der Waals surface area contributed by atoms with Gasteiger partial charge in [-0.05, 0) is 42.3 Å². The number of imidazole rings is 1. The molecule has 0 aliphatic carbocycles. The van der Waals surface area contributed by atoms with E-state index in [1.54, 1.807) is 25.6 Å². The second-order valence-corrected chi connectivity index (χ2v) is 11.1. The zero-order chi connectivity index (χ0) is 31.0. The molecule has 44 heavy (non-hydrogen) atoms. The maximum absolute atomic E-state index is 12.4. The molecule has 1 N–H and O–H groups in total. The summed E-state index contributed by atoms with van der Waals surface area (Å²) in [4.78, 5) is 28.7. The van der Waals surface area contributed by atoms with E-state index in [-0.39, 0.29) is 18.3 Å². The molecule has 0 amide bonds. The van der Waals surface area contributed by atoms with E-state index in [0.29, 0.717) is 49.9 Å². The van der Waals surface area contributed by atoms with Gasteiger partial charge < -0.3 is 24.4 Å². The Balaban J connectivity index is 1.41. The summed E-state index contributed by atoms with van der Waals surface area (Å²) in [6.07, 6.45) is 7.87. The van der Waals surface area contributed by atoms with Gasteiger partial charge in [-0.2, -0.15) is 4.98 Å². The lowest BCUT2D eigenvalue weighted by Gasteiger charge is -2.21. The number of anilines is 3. The number of benzene rings is 2. The van der Waals surface area contributed by atoms with Gasteiger partial charge in [-0.1, -0.05) is 29.8 Å². The number of pyridine rings is 1. The molecule has 1 fully saturated rings. The van der Waals surface area contributed by atoms with Crippen molar-refractivity contribution >= 4 is 63.0 Å². The number of methoxy groups -OCH3 is 3. The van der Waals surface area contributed by atoms with Gasteiger partial charge in [-0.25, -0.2) is 9.97 Å². The smallest absolute Gasteiger partial charge is 0.229 e. The number of carbonyl (C=O) groups excluding carboxylic acids is 1. The minimum Gasteiger partial charge on any atom is -0.495 e. The van der Waals surface area contributed by atoms with Crippen molar-refractivity contribution in [2.45, 2.75) is 18.9 Å². The van der Waals surface area contributed by atoms with Gasteiger partial charge >= 0.3 is 0 Å². The van der Waals surface area contributed by atoms with Gasteiger partial charge in [0.05, 0.1) is 30.4 Å². The van der Waals surface area contributed by atoms with E-state index in [0.717, 1.165) is 41.8 Å². The maximum atomic E-state index is 12.4. The van der Waals surface area contributed by atoms with Crippen molar-refractivity contribution < 1.29 is 19.0 Å². The number of halogens is 2. The first-order chi connectivity index (χ1) is 21.3. The van der Waals surface area contributed by atoms with Crippen molar-refractivity contribution in [3.8, 4) is 22.6 Å². The number of carbonyl (C=O) groups is 1. The molecule has 0 spiro atoms. The number of hydrogen-bond acceptors (Lipinski definition) is 9. The van der Waals surface area contributed by atoms with E-state index in [2.05, 4.69) is 26.8 Å². The molecule has 0 bridgehead atoms. The molecule has 1 aliphatic rings. The predicted molar refractivity (Wildman–Crippen MR) is 173 cm³/mol. The summed E-state index contributed by atoms with van der Waals surface area (Å²) in [5.74, 6) is 1.12. The predicted octanol–water partition coefficient (Wildman–Crippen LogP) is 6.53. The number of hydrogen-bond donors (Lipinski definition) is 1. The number of rotatable bonds is 10. The molecule has 0 saturated carbocycles. The molecule has 6 rings (SSSR count). The molecule has 10 nitrogen and oxygen atoms in total. The minimum atomic E-state index is -0.0834. The van der Waals surface area contributed by atoms with Crippen LogP contribution in [0.4, 0.5) is 17.3 Å². The van der Waals surface area contributed by atoms with Crippen LogP contribution in [0.3, 0.4) is 0 Å². The lowest BCUT2D eigenvalue weighted by molar-refractivity contribution is -0.114. The number of allylic oxidation sites excluding steroid dienone is 1. The Morgan fingerprint density at radius 3 is 2.55 bits per heavy atom. The van der Waals surface area contributed by atoms with Crippen LogP contribution in [-0.2, 0) is 16.0 Å². The SMILES string of the molecule is C=CC(=O)Cc1cc(N2CCC(OC)C2)ccc1Nc1ncc2cc(-c3c(Cl)c(OC)cc(OC)c3Cl)c3nccn3c2n1. The first kappa shape index (κ1) is 29.7. The number of fused-ring (bicyclic) bond motifs is 3. The van der Waals surface area contributed by atoms with Gasteiger partial charge in [0.15, 0.2) is 11.4 Å². The fourth-order valence-corrected chi connectivity index (χ4v) is 6.22. The normalized spacial score (nSPS) is 14.8. The van der Waals surface area contributed by atoms with E-state index in [4.69, 9.17) is 42.4 Å². The molecule has 5 aromatic rings. The molecule has 3 aromatic heterocycles. The van der Waals surface area contributed by atoms with E-state index < -0.39 is 0 Å². The molecule has 4 heterocycles. The average molecular weight is 634 g/mol. The summed E-state index contributed by atoms with van der Waals surface area (Å²) in [7, 11) is 4.79. The third kappa shape index (κ3) is 5.40. The second kappa shape index (κ2) is 12.3. The molecule has 0 radical (unpaired) electrons. The van der Waals surface area contributed by atoms with Crippen LogP contribution in [0.15, 0.2) is 61.6 Å². The standard InChI is InChI=1S/C32H30Cl2N6O4/c1-5-21(41)13-18-12-20(39-10-8-22(17-39)42-2)6-7-24(18)37-32-36-16-19-14-23(31-35-9-11-40(31)30(19)38-32)27-28(33)25(43-3)15-26(44-4)29(27)34/h5-7,9,11-12,14-16,22H,1,8,10,13,17H2,2-4H3,(H,36,37,38). The Morgan fingerprint density at radius 2 is 1.86 bits per heavy atom. The van der Waals surface area contributed by atoms with Crippen LogP contribution >= 0.6 is 23.2 Å². The third-order valence-electron chi connectivity index (χ3n) is 7.82. The van der Waals surface area contributed by atoms with Crippen LogP contribution in [0.1, 0.15) is 12.0 Å². The number of ketones is 1. The third-order valence-corrected chi connectivity index (χ3v) is 8.57. The Labute approximate surface area is 264 Å². The van der Waals surface area contributed by atoms with E-state index >= 15 is 0 Å².